The number of carbonyl (C=O) groups is 2. The number of phenolic OH excluding ortho intramolecular Hbond substituents is 1. The van der Waals surface area contributed by atoms with E-state index in [2.05, 4.69) is 10.9 Å². The van der Waals surface area contributed by atoms with Crippen molar-refractivity contribution in [1.29, 1.82) is 0 Å². The molecular formula is C17H16Cl2N2O4. The van der Waals surface area contributed by atoms with E-state index in [0.717, 1.165) is 0 Å². The van der Waals surface area contributed by atoms with E-state index >= 15 is 0 Å². The summed E-state index contributed by atoms with van der Waals surface area (Å²) in [4.78, 5) is 23.5. The van der Waals surface area contributed by atoms with Crippen LogP contribution in [0.15, 0.2) is 42.5 Å². The lowest BCUT2D eigenvalue weighted by Gasteiger charge is -2.09. The van der Waals surface area contributed by atoms with Crippen LogP contribution in [-0.2, 0) is 4.79 Å². The third-order valence-corrected chi connectivity index (χ3v) is 3.95. The van der Waals surface area contributed by atoms with Gasteiger partial charge in [0.25, 0.3) is 5.91 Å². The summed E-state index contributed by atoms with van der Waals surface area (Å²) in [5, 5.41) is 10.0. The van der Waals surface area contributed by atoms with Crippen LogP contribution >= 0.6 is 23.2 Å². The van der Waals surface area contributed by atoms with Gasteiger partial charge in [-0.25, -0.2) is 0 Å². The van der Waals surface area contributed by atoms with Crippen molar-refractivity contribution < 1.29 is 19.4 Å². The Balaban J connectivity index is 1.69. The lowest BCUT2D eigenvalue weighted by molar-refractivity contribution is -0.122. The Hall–Kier alpha value is -2.44. The average molecular weight is 383 g/mol. The van der Waals surface area contributed by atoms with Crippen molar-refractivity contribution in [2.24, 2.45) is 0 Å². The van der Waals surface area contributed by atoms with E-state index in [4.69, 9.17) is 27.9 Å². The molecule has 3 N–H and O–H groups in total. The summed E-state index contributed by atoms with van der Waals surface area (Å²) in [5.74, 6) is -0.469. The Labute approximate surface area is 154 Å². The SMILES string of the molecule is O=C(CCCOc1cccc(Cl)c1Cl)NNC(=O)c1cccc(O)c1. The van der Waals surface area contributed by atoms with Crippen molar-refractivity contribution in [3.63, 3.8) is 0 Å². The van der Waals surface area contributed by atoms with Crippen molar-refractivity contribution in [2.75, 3.05) is 6.61 Å². The molecule has 2 aromatic carbocycles. The molecule has 0 heterocycles. The number of carbonyl (C=O) groups excluding carboxylic acids is 2. The maximum atomic E-state index is 11.8. The van der Waals surface area contributed by atoms with E-state index in [-0.39, 0.29) is 30.2 Å². The quantitative estimate of drug-likeness (QED) is 0.528. The zero-order valence-electron chi connectivity index (χ0n) is 13.1. The van der Waals surface area contributed by atoms with Gasteiger partial charge in [-0.1, -0.05) is 35.3 Å². The Morgan fingerprint density at radius 3 is 2.60 bits per heavy atom. The minimum Gasteiger partial charge on any atom is -0.508 e. The predicted molar refractivity (Wildman–Crippen MR) is 94.9 cm³/mol. The first-order chi connectivity index (χ1) is 12.0. The van der Waals surface area contributed by atoms with Crippen molar-refractivity contribution in [3.8, 4) is 11.5 Å². The van der Waals surface area contributed by atoms with Crippen LogP contribution in [0.1, 0.15) is 23.2 Å². The standard InChI is InChI=1S/C17H16Cl2N2O4/c18-13-6-2-7-14(16(13)19)25-9-3-8-15(23)20-21-17(24)11-4-1-5-12(22)10-11/h1-2,4-7,10,22H,3,8-9H2,(H,20,23)(H,21,24). The molecule has 2 aromatic rings. The fraction of sp³-hybridized carbons (Fsp3) is 0.176. The predicted octanol–water partition coefficient (Wildman–Crippen LogP) is 3.32. The minimum atomic E-state index is -0.522. The third kappa shape index (κ3) is 5.85. The van der Waals surface area contributed by atoms with Crippen LogP contribution in [0.2, 0.25) is 10.0 Å². The summed E-state index contributed by atoms with van der Waals surface area (Å²) < 4.78 is 5.46. The largest absolute Gasteiger partial charge is 0.508 e. The highest BCUT2D eigenvalue weighted by Gasteiger charge is 2.09. The second-order valence-electron chi connectivity index (χ2n) is 5.06. The fourth-order valence-corrected chi connectivity index (χ4v) is 2.27. The highest BCUT2D eigenvalue weighted by molar-refractivity contribution is 6.42. The average Bonchev–Trinajstić information content (AvgIpc) is 2.60. The molecule has 2 amide bonds. The van der Waals surface area contributed by atoms with Gasteiger partial charge in [0.1, 0.15) is 16.5 Å². The zero-order chi connectivity index (χ0) is 18.2. The Morgan fingerprint density at radius 2 is 1.84 bits per heavy atom. The zero-order valence-corrected chi connectivity index (χ0v) is 14.6. The van der Waals surface area contributed by atoms with E-state index < -0.39 is 5.91 Å². The molecule has 8 heteroatoms. The molecule has 2 rings (SSSR count). The van der Waals surface area contributed by atoms with Gasteiger partial charge >= 0.3 is 0 Å². The van der Waals surface area contributed by atoms with Crippen molar-refractivity contribution >= 4 is 35.0 Å². The van der Waals surface area contributed by atoms with E-state index in [1.54, 1.807) is 18.2 Å². The van der Waals surface area contributed by atoms with Gasteiger partial charge in [-0.15, -0.1) is 0 Å². The van der Waals surface area contributed by atoms with Gasteiger partial charge in [-0.3, -0.25) is 20.4 Å². The van der Waals surface area contributed by atoms with Crippen LogP contribution in [0.3, 0.4) is 0 Å². The molecule has 6 nitrogen and oxygen atoms in total. The van der Waals surface area contributed by atoms with Crippen molar-refractivity contribution in [3.05, 3.63) is 58.1 Å². The first-order valence-corrected chi connectivity index (χ1v) is 8.18. The monoisotopic (exact) mass is 382 g/mol. The highest BCUT2D eigenvalue weighted by atomic mass is 35.5. The molecule has 0 aliphatic heterocycles. The number of nitrogens with one attached hydrogen (secondary N) is 2. The number of hydrogen-bond donors (Lipinski definition) is 3. The molecule has 0 fully saturated rings. The smallest absolute Gasteiger partial charge is 0.269 e. The molecule has 0 saturated heterocycles. The van der Waals surface area contributed by atoms with Gasteiger partial charge in [0.05, 0.1) is 11.6 Å². The Kier molecular flexibility index (Phi) is 6.91. The summed E-state index contributed by atoms with van der Waals surface area (Å²) in [7, 11) is 0. The fourth-order valence-electron chi connectivity index (χ4n) is 1.92. The molecule has 0 aromatic heterocycles. The second kappa shape index (κ2) is 9.15. The number of halogens is 2. The van der Waals surface area contributed by atoms with E-state index in [0.29, 0.717) is 22.2 Å². The maximum Gasteiger partial charge on any atom is 0.269 e. The highest BCUT2D eigenvalue weighted by Crippen LogP contribution is 2.31. The molecule has 0 spiro atoms. The number of phenols is 1. The van der Waals surface area contributed by atoms with Crippen LogP contribution in [0.25, 0.3) is 0 Å². The van der Waals surface area contributed by atoms with Crippen LogP contribution in [0.5, 0.6) is 11.5 Å². The molecule has 0 radical (unpaired) electrons. The molecule has 0 saturated carbocycles. The lowest BCUT2D eigenvalue weighted by Crippen LogP contribution is -2.41. The van der Waals surface area contributed by atoms with Gasteiger partial charge in [0.15, 0.2) is 0 Å². The Morgan fingerprint density at radius 1 is 1.08 bits per heavy atom. The number of ether oxygens (including phenoxy) is 1. The van der Waals surface area contributed by atoms with Gasteiger partial charge in [0.2, 0.25) is 5.91 Å². The third-order valence-electron chi connectivity index (χ3n) is 3.15. The molecule has 25 heavy (non-hydrogen) atoms. The normalized spacial score (nSPS) is 10.2. The molecule has 132 valence electrons. The summed E-state index contributed by atoms with van der Waals surface area (Å²) in [5.41, 5.74) is 4.80. The van der Waals surface area contributed by atoms with E-state index in [9.17, 15) is 14.7 Å². The number of amides is 2. The van der Waals surface area contributed by atoms with Crippen LogP contribution in [0, 0.1) is 0 Å². The number of hydrazine groups is 1. The molecular weight excluding hydrogens is 367 g/mol. The van der Waals surface area contributed by atoms with Crippen molar-refractivity contribution in [1.82, 2.24) is 10.9 Å². The second-order valence-corrected chi connectivity index (χ2v) is 5.84. The first kappa shape index (κ1) is 18.9. The van der Waals surface area contributed by atoms with Gasteiger partial charge < -0.3 is 9.84 Å². The molecule has 0 atom stereocenters. The van der Waals surface area contributed by atoms with E-state index in [1.165, 1.54) is 24.3 Å². The Bertz CT molecular complexity index is 768. The van der Waals surface area contributed by atoms with E-state index in [1.807, 2.05) is 0 Å². The summed E-state index contributed by atoms with van der Waals surface area (Å²) in [6.07, 6.45) is 0.579. The van der Waals surface area contributed by atoms with Crippen LogP contribution < -0.4 is 15.6 Å². The molecule has 0 bridgehead atoms. The van der Waals surface area contributed by atoms with Gasteiger partial charge in [-0.2, -0.15) is 0 Å². The minimum absolute atomic E-state index is 0.0317. The summed E-state index contributed by atoms with van der Waals surface area (Å²) in [6, 6.07) is 10.8. The lowest BCUT2D eigenvalue weighted by atomic mass is 10.2. The van der Waals surface area contributed by atoms with Crippen LogP contribution in [-0.4, -0.2) is 23.5 Å². The number of hydrogen-bond acceptors (Lipinski definition) is 4. The molecule has 0 aliphatic carbocycles. The first-order valence-electron chi connectivity index (χ1n) is 7.42. The number of aromatic hydroxyl groups is 1. The number of rotatable bonds is 6. The van der Waals surface area contributed by atoms with Crippen LogP contribution in [0.4, 0.5) is 0 Å². The van der Waals surface area contributed by atoms with Gasteiger partial charge in [0, 0.05) is 12.0 Å². The molecule has 0 unspecified atom stereocenters. The molecule has 0 aliphatic rings. The summed E-state index contributed by atoms with van der Waals surface area (Å²) in [6.45, 7) is 0.272. The van der Waals surface area contributed by atoms with Gasteiger partial charge in [-0.05, 0) is 36.8 Å². The maximum absolute atomic E-state index is 11.8. The topological polar surface area (TPSA) is 87.7 Å². The van der Waals surface area contributed by atoms with Crippen molar-refractivity contribution in [2.45, 2.75) is 12.8 Å². The number of benzene rings is 2. The summed E-state index contributed by atoms with van der Waals surface area (Å²) >= 11 is 11.9.